The number of nitrogens with zero attached hydrogens (tertiary/aromatic N) is 1. The van der Waals surface area contributed by atoms with Crippen molar-refractivity contribution in [3.63, 3.8) is 0 Å². The fourth-order valence-electron chi connectivity index (χ4n) is 2.18. The first kappa shape index (κ1) is 11.7. The maximum absolute atomic E-state index is 11.9. The van der Waals surface area contributed by atoms with Crippen LogP contribution in [0.1, 0.15) is 41.3 Å². The summed E-state index contributed by atoms with van der Waals surface area (Å²) in [5.74, 6) is -0.145. The Kier molecular flexibility index (Phi) is 3.43. The summed E-state index contributed by atoms with van der Waals surface area (Å²) >= 11 is 0. The standard InChI is InChI=1S/C14H16N2O/c1-2-13(9-15)16-14(17)12-7-6-10-4-3-5-11(10)8-12/h6-8,13H,2-5H2,1H3,(H,16,17). The Labute approximate surface area is 101 Å². The van der Waals surface area contributed by atoms with Crippen LogP contribution in [0.4, 0.5) is 0 Å². The predicted molar refractivity (Wildman–Crippen MR) is 65.6 cm³/mol. The van der Waals surface area contributed by atoms with Crippen LogP contribution in [0.5, 0.6) is 0 Å². The molecule has 0 aliphatic heterocycles. The van der Waals surface area contributed by atoms with Crippen LogP contribution in [0.3, 0.4) is 0 Å². The van der Waals surface area contributed by atoms with Gasteiger partial charge in [0.05, 0.1) is 6.07 Å². The fraction of sp³-hybridized carbons (Fsp3) is 0.429. The lowest BCUT2D eigenvalue weighted by molar-refractivity contribution is 0.0944. The van der Waals surface area contributed by atoms with Crippen LogP contribution in [0.2, 0.25) is 0 Å². The molecular weight excluding hydrogens is 212 g/mol. The second-order valence-corrected chi connectivity index (χ2v) is 4.40. The average molecular weight is 228 g/mol. The Morgan fingerprint density at radius 1 is 1.47 bits per heavy atom. The van der Waals surface area contributed by atoms with E-state index in [1.165, 1.54) is 17.5 Å². The van der Waals surface area contributed by atoms with Gasteiger partial charge in [-0.3, -0.25) is 4.79 Å². The van der Waals surface area contributed by atoms with E-state index in [0.29, 0.717) is 12.0 Å². The third-order valence-electron chi connectivity index (χ3n) is 3.23. The van der Waals surface area contributed by atoms with Gasteiger partial charge in [-0.1, -0.05) is 13.0 Å². The van der Waals surface area contributed by atoms with Crippen molar-refractivity contribution in [1.29, 1.82) is 5.26 Å². The van der Waals surface area contributed by atoms with Crippen molar-refractivity contribution in [2.24, 2.45) is 0 Å². The van der Waals surface area contributed by atoms with E-state index < -0.39 is 6.04 Å². The van der Waals surface area contributed by atoms with Crippen LogP contribution >= 0.6 is 0 Å². The van der Waals surface area contributed by atoms with E-state index in [-0.39, 0.29) is 5.91 Å². The molecule has 88 valence electrons. The normalized spacial score (nSPS) is 14.8. The molecule has 1 N–H and O–H groups in total. The number of carbonyl (C=O) groups is 1. The summed E-state index contributed by atoms with van der Waals surface area (Å²) in [6.45, 7) is 1.89. The Balaban J connectivity index is 2.12. The summed E-state index contributed by atoms with van der Waals surface area (Å²) in [6.07, 6.45) is 3.99. The van der Waals surface area contributed by atoms with E-state index in [0.717, 1.165) is 12.8 Å². The number of hydrogen-bond acceptors (Lipinski definition) is 2. The van der Waals surface area contributed by atoms with Gasteiger partial charge in [-0.2, -0.15) is 5.26 Å². The molecule has 1 aromatic carbocycles. The molecule has 0 radical (unpaired) electrons. The Morgan fingerprint density at radius 3 is 2.94 bits per heavy atom. The lowest BCUT2D eigenvalue weighted by Gasteiger charge is -2.10. The van der Waals surface area contributed by atoms with Crippen LogP contribution in [-0.2, 0) is 12.8 Å². The van der Waals surface area contributed by atoms with Crippen molar-refractivity contribution in [2.75, 3.05) is 0 Å². The number of benzene rings is 1. The third kappa shape index (κ3) is 2.47. The molecule has 0 saturated carbocycles. The monoisotopic (exact) mass is 228 g/mol. The van der Waals surface area contributed by atoms with E-state index >= 15 is 0 Å². The summed E-state index contributed by atoms with van der Waals surface area (Å²) in [7, 11) is 0. The zero-order chi connectivity index (χ0) is 12.3. The molecule has 1 aliphatic rings. The molecule has 0 fully saturated rings. The minimum Gasteiger partial charge on any atom is -0.336 e. The first-order valence-corrected chi connectivity index (χ1v) is 6.07. The number of rotatable bonds is 3. The minimum atomic E-state index is -0.393. The summed E-state index contributed by atoms with van der Waals surface area (Å²) < 4.78 is 0. The van der Waals surface area contributed by atoms with Gasteiger partial charge in [0, 0.05) is 5.56 Å². The Morgan fingerprint density at radius 2 is 2.24 bits per heavy atom. The SMILES string of the molecule is CCC(C#N)NC(=O)c1ccc2c(c1)CCC2. The van der Waals surface area contributed by atoms with Gasteiger partial charge >= 0.3 is 0 Å². The topological polar surface area (TPSA) is 52.9 Å². The molecule has 3 nitrogen and oxygen atoms in total. The molecule has 0 heterocycles. The highest BCUT2D eigenvalue weighted by Gasteiger charge is 2.15. The summed E-state index contributed by atoms with van der Waals surface area (Å²) in [5, 5.41) is 11.5. The molecule has 0 aromatic heterocycles. The van der Waals surface area contributed by atoms with E-state index in [2.05, 4.69) is 11.4 Å². The first-order valence-electron chi connectivity index (χ1n) is 6.07. The van der Waals surface area contributed by atoms with Gasteiger partial charge in [0.15, 0.2) is 0 Å². The van der Waals surface area contributed by atoms with Crippen LogP contribution < -0.4 is 5.32 Å². The molecule has 1 atom stereocenters. The number of amides is 1. The van der Waals surface area contributed by atoms with Crippen molar-refractivity contribution in [3.8, 4) is 6.07 Å². The highest BCUT2D eigenvalue weighted by Crippen LogP contribution is 2.22. The van der Waals surface area contributed by atoms with Gasteiger partial charge in [-0.05, 0) is 48.9 Å². The number of fused-ring (bicyclic) bond motifs is 1. The zero-order valence-corrected chi connectivity index (χ0v) is 9.99. The molecular formula is C14H16N2O. The maximum Gasteiger partial charge on any atom is 0.252 e. The zero-order valence-electron chi connectivity index (χ0n) is 9.99. The lowest BCUT2D eigenvalue weighted by Crippen LogP contribution is -2.33. The van der Waals surface area contributed by atoms with Crippen LogP contribution in [0, 0.1) is 11.3 Å². The quantitative estimate of drug-likeness (QED) is 0.862. The molecule has 1 aliphatic carbocycles. The minimum absolute atomic E-state index is 0.145. The van der Waals surface area contributed by atoms with Gasteiger partial charge in [0.2, 0.25) is 0 Å². The van der Waals surface area contributed by atoms with Gasteiger partial charge in [-0.25, -0.2) is 0 Å². The molecule has 3 heteroatoms. The molecule has 2 rings (SSSR count). The fourth-order valence-corrected chi connectivity index (χ4v) is 2.18. The van der Waals surface area contributed by atoms with Crippen LogP contribution in [-0.4, -0.2) is 11.9 Å². The van der Waals surface area contributed by atoms with Crippen LogP contribution in [0.15, 0.2) is 18.2 Å². The second kappa shape index (κ2) is 5.01. The van der Waals surface area contributed by atoms with E-state index in [1.807, 2.05) is 25.1 Å². The Hall–Kier alpha value is -1.82. The number of nitriles is 1. The number of aryl methyl sites for hydroxylation is 2. The second-order valence-electron chi connectivity index (χ2n) is 4.40. The molecule has 0 spiro atoms. The van der Waals surface area contributed by atoms with Gasteiger partial charge in [0.1, 0.15) is 6.04 Å². The number of nitrogens with one attached hydrogen (secondary N) is 1. The van der Waals surface area contributed by atoms with Crippen LogP contribution in [0.25, 0.3) is 0 Å². The predicted octanol–water partition coefficient (Wildman–Crippen LogP) is 2.21. The van der Waals surface area contributed by atoms with E-state index in [1.54, 1.807) is 0 Å². The highest BCUT2D eigenvalue weighted by molar-refractivity contribution is 5.94. The van der Waals surface area contributed by atoms with Gasteiger partial charge < -0.3 is 5.32 Å². The van der Waals surface area contributed by atoms with Crippen molar-refractivity contribution in [3.05, 3.63) is 34.9 Å². The third-order valence-corrected chi connectivity index (χ3v) is 3.23. The molecule has 0 saturated heterocycles. The molecule has 0 bridgehead atoms. The maximum atomic E-state index is 11.9. The van der Waals surface area contributed by atoms with E-state index in [9.17, 15) is 4.79 Å². The van der Waals surface area contributed by atoms with Crippen molar-refractivity contribution in [2.45, 2.75) is 38.6 Å². The van der Waals surface area contributed by atoms with Gasteiger partial charge in [0.25, 0.3) is 5.91 Å². The molecule has 1 unspecified atom stereocenters. The highest BCUT2D eigenvalue weighted by atomic mass is 16.1. The molecule has 17 heavy (non-hydrogen) atoms. The summed E-state index contributed by atoms with van der Waals surface area (Å²) in [6, 6.07) is 7.52. The average Bonchev–Trinajstić information content (AvgIpc) is 2.82. The number of hydrogen-bond donors (Lipinski definition) is 1. The largest absolute Gasteiger partial charge is 0.336 e. The first-order chi connectivity index (χ1) is 8.24. The van der Waals surface area contributed by atoms with E-state index in [4.69, 9.17) is 5.26 Å². The Bertz CT molecular complexity index is 474. The van der Waals surface area contributed by atoms with Gasteiger partial charge in [-0.15, -0.1) is 0 Å². The summed E-state index contributed by atoms with van der Waals surface area (Å²) in [5.41, 5.74) is 3.30. The summed E-state index contributed by atoms with van der Waals surface area (Å²) in [4.78, 5) is 11.9. The molecule has 1 aromatic rings. The van der Waals surface area contributed by atoms with Crippen molar-refractivity contribution < 1.29 is 4.79 Å². The van der Waals surface area contributed by atoms with Crippen molar-refractivity contribution >= 4 is 5.91 Å². The smallest absolute Gasteiger partial charge is 0.252 e. The molecule has 1 amide bonds. The lowest BCUT2D eigenvalue weighted by atomic mass is 10.1. The van der Waals surface area contributed by atoms with Crippen molar-refractivity contribution in [1.82, 2.24) is 5.32 Å². The number of carbonyl (C=O) groups excluding carboxylic acids is 1.